The number of carbonyl (C=O) groups excluding carboxylic acids is 1. The van der Waals surface area contributed by atoms with Crippen molar-refractivity contribution >= 4 is 5.91 Å². The first-order chi connectivity index (χ1) is 10.5. The lowest BCUT2D eigenvalue weighted by molar-refractivity contribution is -0.124. The van der Waals surface area contributed by atoms with Gasteiger partial charge in [-0.2, -0.15) is 0 Å². The molecule has 0 atom stereocenters. The van der Waals surface area contributed by atoms with Gasteiger partial charge >= 0.3 is 0 Å². The van der Waals surface area contributed by atoms with Crippen molar-refractivity contribution in [1.29, 1.82) is 0 Å². The molecule has 0 aliphatic rings. The van der Waals surface area contributed by atoms with E-state index < -0.39 is 0 Å². The van der Waals surface area contributed by atoms with E-state index in [0.29, 0.717) is 18.0 Å². The lowest BCUT2D eigenvalue weighted by Crippen LogP contribution is -3.00. The van der Waals surface area contributed by atoms with Gasteiger partial charge in [0.15, 0.2) is 18.1 Å². The van der Waals surface area contributed by atoms with Gasteiger partial charge in [0.25, 0.3) is 5.91 Å². The molecule has 0 aliphatic heterocycles. The minimum Gasteiger partial charge on any atom is -1.00 e. The van der Waals surface area contributed by atoms with Gasteiger partial charge in [-0.25, -0.2) is 0 Å². The highest BCUT2D eigenvalue weighted by Crippen LogP contribution is 2.31. The third-order valence-electron chi connectivity index (χ3n) is 2.95. The zero-order chi connectivity index (χ0) is 17.7. The second-order valence-electron chi connectivity index (χ2n) is 7.64. The van der Waals surface area contributed by atoms with Gasteiger partial charge in [-0.15, -0.1) is 0 Å². The average molecular weight is 358 g/mol. The Balaban J connectivity index is 0.00000529. The van der Waals surface area contributed by atoms with Crippen molar-refractivity contribution in [2.75, 3.05) is 13.7 Å². The highest BCUT2D eigenvalue weighted by molar-refractivity contribution is 5.78. The SMILES string of the molecule is COc1cccc(CNC(C)(C)C)c1OCC(=O)NC(C)(C)C.[Cl-]. The smallest absolute Gasteiger partial charge is 0.258 e. The zero-order valence-corrected chi connectivity index (χ0v) is 16.5. The molecule has 24 heavy (non-hydrogen) atoms. The normalized spacial score (nSPS) is 11.5. The predicted molar refractivity (Wildman–Crippen MR) is 93.0 cm³/mol. The molecule has 0 spiro atoms. The molecule has 0 unspecified atom stereocenters. The molecule has 1 aromatic carbocycles. The number of para-hydroxylation sites is 1. The molecule has 0 fully saturated rings. The lowest BCUT2D eigenvalue weighted by Gasteiger charge is -2.23. The Bertz CT molecular complexity index is 534. The van der Waals surface area contributed by atoms with Crippen molar-refractivity contribution < 1.29 is 26.7 Å². The van der Waals surface area contributed by atoms with Crippen LogP contribution < -0.4 is 32.5 Å². The highest BCUT2D eigenvalue weighted by atomic mass is 35.5. The van der Waals surface area contributed by atoms with Crippen molar-refractivity contribution in [3.63, 3.8) is 0 Å². The van der Waals surface area contributed by atoms with Gasteiger partial charge in [0.2, 0.25) is 0 Å². The van der Waals surface area contributed by atoms with Crippen molar-refractivity contribution in [3.05, 3.63) is 23.8 Å². The van der Waals surface area contributed by atoms with Gasteiger partial charge in [0.1, 0.15) is 0 Å². The van der Waals surface area contributed by atoms with Crippen molar-refractivity contribution in [2.45, 2.75) is 59.2 Å². The van der Waals surface area contributed by atoms with Crippen LogP contribution in [0.2, 0.25) is 0 Å². The van der Waals surface area contributed by atoms with E-state index in [9.17, 15) is 4.79 Å². The zero-order valence-electron chi connectivity index (χ0n) is 15.7. The summed E-state index contributed by atoms with van der Waals surface area (Å²) in [5.74, 6) is 1.08. The summed E-state index contributed by atoms with van der Waals surface area (Å²) in [5, 5.41) is 6.30. The number of benzene rings is 1. The molecular weight excluding hydrogens is 328 g/mol. The van der Waals surface area contributed by atoms with Crippen LogP contribution in [0.4, 0.5) is 0 Å². The number of hydrogen-bond acceptors (Lipinski definition) is 4. The Hall–Kier alpha value is -1.46. The Morgan fingerprint density at radius 1 is 1.08 bits per heavy atom. The summed E-state index contributed by atoms with van der Waals surface area (Å²) in [7, 11) is 1.60. The van der Waals surface area contributed by atoms with E-state index >= 15 is 0 Å². The number of halogens is 1. The first kappa shape index (κ1) is 22.5. The van der Waals surface area contributed by atoms with Gasteiger partial charge in [0, 0.05) is 23.2 Å². The van der Waals surface area contributed by atoms with Gasteiger partial charge in [0.05, 0.1) is 7.11 Å². The summed E-state index contributed by atoms with van der Waals surface area (Å²) < 4.78 is 11.1. The Kier molecular flexibility index (Phi) is 8.58. The fourth-order valence-corrected chi connectivity index (χ4v) is 1.98. The Morgan fingerprint density at radius 3 is 2.21 bits per heavy atom. The minimum absolute atomic E-state index is 0. The van der Waals surface area contributed by atoms with E-state index in [1.54, 1.807) is 7.11 Å². The van der Waals surface area contributed by atoms with Crippen molar-refractivity contribution in [1.82, 2.24) is 10.6 Å². The molecule has 1 aromatic rings. The maximum Gasteiger partial charge on any atom is 0.258 e. The quantitative estimate of drug-likeness (QED) is 0.745. The van der Waals surface area contributed by atoms with Crippen molar-refractivity contribution in [3.8, 4) is 11.5 Å². The molecule has 1 rings (SSSR count). The van der Waals surface area contributed by atoms with Crippen LogP contribution in [-0.4, -0.2) is 30.7 Å². The van der Waals surface area contributed by atoms with E-state index in [-0.39, 0.29) is 36.0 Å². The van der Waals surface area contributed by atoms with E-state index in [1.807, 2.05) is 39.0 Å². The van der Waals surface area contributed by atoms with E-state index in [1.165, 1.54) is 0 Å². The lowest BCUT2D eigenvalue weighted by atomic mass is 10.1. The minimum atomic E-state index is -0.280. The summed E-state index contributed by atoms with van der Waals surface area (Å²) >= 11 is 0. The van der Waals surface area contributed by atoms with E-state index in [2.05, 4.69) is 31.4 Å². The number of nitrogens with one attached hydrogen (secondary N) is 2. The first-order valence-electron chi connectivity index (χ1n) is 7.86. The van der Waals surface area contributed by atoms with E-state index in [0.717, 1.165) is 5.56 Å². The van der Waals surface area contributed by atoms with Crippen LogP contribution in [-0.2, 0) is 11.3 Å². The summed E-state index contributed by atoms with van der Waals surface area (Å²) in [5.41, 5.74) is 0.671. The van der Waals surface area contributed by atoms with Gasteiger partial charge in [-0.3, -0.25) is 4.79 Å². The van der Waals surface area contributed by atoms with Crippen LogP contribution in [0.25, 0.3) is 0 Å². The fraction of sp³-hybridized carbons (Fsp3) is 0.611. The molecule has 0 heterocycles. The second kappa shape index (κ2) is 9.14. The molecular formula is C18H30ClN2O3-. The van der Waals surface area contributed by atoms with Crippen LogP contribution in [0.5, 0.6) is 11.5 Å². The number of carbonyl (C=O) groups is 1. The second-order valence-corrected chi connectivity index (χ2v) is 7.64. The summed E-state index contributed by atoms with van der Waals surface area (Å²) in [4.78, 5) is 12.0. The number of ether oxygens (including phenoxy) is 2. The number of rotatable bonds is 6. The molecule has 5 nitrogen and oxygen atoms in total. The largest absolute Gasteiger partial charge is 1.00 e. The molecule has 0 saturated heterocycles. The molecule has 2 N–H and O–H groups in total. The summed E-state index contributed by atoms with van der Waals surface area (Å²) in [6.45, 7) is 12.7. The van der Waals surface area contributed by atoms with Gasteiger partial charge < -0.3 is 32.5 Å². The maximum absolute atomic E-state index is 12.0. The first-order valence-corrected chi connectivity index (χ1v) is 7.86. The molecule has 0 radical (unpaired) electrons. The highest BCUT2D eigenvalue weighted by Gasteiger charge is 2.17. The van der Waals surface area contributed by atoms with Gasteiger partial charge in [-0.1, -0.05) is 12.1 Å². The molecule has 1 amide bonds. The van der Waals surface area contributed by atoms with Crippen LogP contribution in [0, 0.1) is 0 Å². The van der Waals surface area contributed by atoms with Crippen LogP contribution in [0.3, 0.4) is 0 Å². The average Bonchev–Trinajstić information content (AvgIpc) is 2.40. The number of hydrogen-bond donors (Lipinski definition) is 2. The molecule has 0 bridgehead atoms. The summed E-state index contributed by atoms with van der Waals surface area (Å²) in [6, 6.07) is 5.72. The number of methoxy groups -OCH3 is 1. The number of amides is 1. The van der Waals surface area contributed by atoms with E-state index in [4.69, 9.17) is 9.47 Å². The summed E-state index contributed by atoms with van der Waals surface area (Å²) in [6.07, 6.45) is 0. The fourth-order valence-electron chi connectivity index (χ4n) is 1.98. The molecule has 0 aliphatic carbocycles. The van der Waals surface area contributed by atoms with Gasteiger partial charge in [-0.05, 0) is 47.6 Å². The van der Waals surface area contributed by atoms with Crippen LogP contribution in [0.1, 0.15) is 47.1 Å². The topological polar surface area (TPSA) is 59.6 Å². The standard InChI is InChI=1S/C18H30N2O3.ClH/c1-17(2,3)19-11-13-9-8-10-14(22-7)16(13)23-12-15(21)20-18(4,5)6;/h8-10,19H,11-12H2,1-7H3,(H,20,21);1H/p-1. The van der Waals surface area contributed by atoms with Crippen LogP contribution >= 0.6 is 0 Å². The molecule has 138 valence electrons. The Morgan fingerprint density at radius 2 is 1.71 bits per heavy atom. The monoisotopic (exact) mass is 357 g/mol. The van der Waals surface area contributed by atoms with Crippen LogP contribution in [0.15, 0.2) is 18.2 Å². The predicted octanol–water partition coefficient (Wildman–Crippen LogP) is -0.119. The Labute approximate surface area is 151 Å². The molecule has 6 heteroatoms. The maximum atomic E-state index is 12.0. The third kappa shape index (κ3) is 8.41. The molecule has 0 aromatic heterocycles. The van der Waals surface area contributed by atoms with Crippen molar-refractivity contribution in [2.24, 2.45) is 0 Å². The third-order valence-corrected chi connectivity index (χ3v) is 2.95. The molecule has 0 saturated carbocycles.